The van der Waals surface area contributed by atoms with Gasteiger partial charge in [-0.1, -0.05) is 0 Å². The van der Waals surface area contributed by atoms with Crippen LogP contribution in [0.25, 0.3) is 10.9 Å². The molecule has 0 unspecified atom stereocenters. The molecule has 0 aliphatic carbocycles. The van der Waals surface area contributed by atoms with E-state index in [9.17, 15) is 12.8 Å². The number of hydrogen-bond acceptors (Lipinski definition) is 2. The highest BCUT2D eigenvalue weighted by Crippen LogP contribution is 2.23. The maximum absolute atomic E-state index is 13.6. The van der Waals surface area contributed by atoms with Crippen LogP contribution in [0, 0.1) is 12.7 Å². The molecule has 0 saturated carbocycles. The molecule has 1 N–H and O–H groups in total. The molecule has 16 heavy (non-hydrogen) atoms. The summed E-state index contributed by atoms with van der Waals surface area (Å²) in [5.41, 5.74) is 1.60. The van der Waals surface area contributed by atoms with E-state index in [0.717, 1.165) is 5.56 Å². The third-order valence-electron chi connectivity index (χ3n) is 2.35. The molecule has 1 heterocycles. The maximum atomic E-state index is 13.6. The number of hydrogen-bond donors (Lipinski definition) is 1. The molecule has 0 amide bonds. The Bertz CT molecular complexity index is 648. The lowest BCUT2D eigenvalue weighted by Crippen LogP contribution is -1.96. The molecule has 2 aromatic rings. The van der Waals surface area contributed by atoms with Crippen LogP contribution in [0.15, 0.2) is 18.3 Å². The second-order valence-electron chi connectivity index (χ2n) is 3.66. The quantitative estimate of drug-likeness (QED) is 0.845. The highest BCUT2D eigenvalue weighted by atomic mass is 35.7. The first-order chi connectivity index (χ1) is 7.37. The summed E-state index contributed by atoms with van der Waals surface area (Å²) in [6, 6.07) is 2.81. The number of aryl methyl sites for hydroxylation is 1. The fourth-order valence-corrected chi connectivity index (χ4v) is 2.60. The Morgan fingerprint density at radius 2 is 2.12 bits per heavy atom. The van der Waals surface area contributed by atoms with Gasteiger partial charge in [0.25, 0.3) is 0 Å². The smallest absolute Gasteiger partial charge is 0.236 e. The summed E-state index contributed by atoms with van der Waals surface area (Å²) in [5.74, 6) is -0.840. The fraction of sp³-hybridized carbons (Fsp3) is 0.200. The molecule has 0 spiro atoms. The van der Waals surface area contributed by atoms with Gasteiger partial charge in [0.1, 0.15) is 5.82 Å². The molecule has 3 nitrogen and oxygen atoms in total. The van der Waals surface area contributed by atoms with Gasteiger partial charge in [-0.05, 0) is 30.2 Å². The van der Waals surface area contributed by atoms with E-state index in [-0.39, 0.29) is 5.75 Å². The molecule has 0 fully saturated rings. The third kappa shape index (κ3) is 2.20. The van der Waals surface area contributed by atoms with Crippen LogP contribution in [0.3, 0.4) is 0 Å². The van der Waals surface area contributed by atoms with Crippen molar-refractivity contribution in [3.8, 4) is 0 Å². The molecule has 0 aliphatic heterocycles. The number of aromatic amines is 1. The molecule has 2 rings (SSSR count). The Morgan fingerprint density at radius 1 is 1.44 bits per heavy atom. The van der Waals surface area contributed by atoms with Crippen LogP contribution in [0.1, 0.15) is 11.1 Å². The zero-order valence-electron chi connectivity index (χ0n) is 8.42. The zero-order chi connectivity index (χ0) is 11.9. The Hall–Kier alpha value is -1.07. The van der Waals surface area contributed by atoms with E-state index in [1.165, 1.54) is 6.07 Å². The molecule has 0 saturated heterocycles. The van der Waals surface area contributed by atoms with Crippen molar-refractivity contribution in [2.24, 2.45) is 0 Å². The fourth-order valence-electron chi connectivity index (χ4n) is 1.66. The minimum absolute atomic E-state index is 0.350. The van der Waals surface area contributed by atoms with Crippen LogP contribution >= 0.6 is 10.7 Å². The van der Waals surface area contributed by atoms with Crippen molar-refractivity contribution in [3.05, 3.63) is 35.3 Å². The standard InChI is InChI=1S/C10H9ClFNO2S/c1-6-4-13-10-8(6)2-7(3-9(10)12)5-16(11,14)15/h2-4,13H,5H2,1H3. The van der Waals surface area contributed by atoms with Crippen molar-refractivity contribution in [1.82, 2.24) is 4.98 Å². The number of fused-ring (bicyclic) bond motifs is 1. The van der Waals surface area contributed by atoms with Crippen molar-refractivity contribution < 1.29 is 12.8 Å². The lowest BCUT2D eigenvalue weighted by Gasteiger charge is -2.01. The second-order valence-corrected chi connectivity index (χ2v) is 6.43. The number of rotatable bonds is 2. The Balaban J connectivity index is 2.61. The predicted octanol–water partition coefficient (Wildman–Crippen LogP) is 2.68. The normalized spacial score (nSPS) is 12.2. The molecular formula is C10H9ClFNO2S. The molecule has 0 bridgehead atoms. The molecule has 0 radical (unpaired) electrons. The topological polar surface area (TPSA) is 49.9 Å². The number of nitrogens with one attached hydrogen (secondary N) is 1. The second kappa shape index (κ2) is 3.75. The van der Waals surface area contributed by atoms with Gasteiger partial charge in [-0.3, -0.25) is 0 Å². The number of aromatic nitrogens is 1. The lowest BCUT2D eigenvalue weighted by atomic mass is 10.1. The minimum atomic E-state index is -3.66. The van der Waals surface area contributed by atoms with Gasteiger partial charge in [-0.25, -0.2) is 12.8 Å². The van der Waals surface area contributed by atoms with E-state index in [2.05, 4.69) is 4.98 Å². The Labute approximate surface area is 96.7 Å². The largest absolute Gasteiger partial charge is 0.359 e. The highest BCUT2D eigenvalue weighted by Gasteiger charge is 2.12. The van der Waals surface area contributed by atoms with Gasteiger partial charge in [0, 0.05) is 22.3 Å². The summed E-state index contributed by atoms with van der Waals surface area (Å²) in [6.07, 6.45) is 1.67. The summed E-state index contributed by atoms with van der Waals surface area (Å²) >= 11 is 0. The van der Waals surface area contributed by atoms with Crippen molar-refractivity contribution in [1.29, 1.82) is 0 Å². The Kier molecular flexibility index (Phi) is 2.67. The lowest BCUT2D eigenvalue weighted by molar-refractivity contribution is 0.608. The van der Waals surface area contributed by atoms with Crippen LogP contribution in [0.5, 0.6) is 0 Å². The van der Waals surface area contributed by atoms with E-state index in [0.29, 0.717) is 16.5 Å². The molecule has 1 aromatic carbocycles. The van der Waals surface area contributed by atoms with E-state index < -0.39 is 14.9 Å². The highest BCUT2D eigenvalue weighted by molar-refractivity contribution is 8.13. The maximum Gasteiger partial charge on any atom is 0.236 e. The average molecular weight is 262 g/mol. The summed E-state index contributed by atoms with van der Waals surface area (Å²) in [7, 11) is 1.46. The first kappa shape index (κ1) is 11.4. The van der Waals surface area contributed by atoms with Crippen LogP contribution in [0.2, 0.25) is 0 Å². The van der Waals surface area contributed by atoms with Crippen molar-refractivity contribution >= 4 is 30.6 Å². The number of H-pyrrole nitrogens is 1. The SMILES string of the molecule is Cc1c[nH]c2c(F)cc(CS(=O)(=O)Cl)cc12. The van der Waals surface area contributed by atoms with E-state index in [1.54, 1.807) is 12.3 Å². The zero-order valence-corrected chi connectivity index (χ0v) is 9.99. The molecule has 86 valence electrons. The molecular weight excluding hydrogens is 253 g/mol. The first-order valence-corrected chi connectivity index (χ1v) is 7.03. The first-order valence-electron chi connectivity index (χ1n) is 4.55. The molecule has 6 heteroatoms. The van der Waals surface area contributed by atoms with Crippen LogP contribution < -0.4 is 0 Å². The predicted molar refractivity (Wildman–Crippen MR) is 61.5 cm³/mol. The summed E-state index contributed by atoms with van der Waals surface area (Å²) < 4.78 is 35.4. The molecule has 1 aromatic heterocycles. The van der Waals surface area contributed by atoms with Gasteiger partial charge in [0.05, 0.1) is 11.3 Å². The van der Waals surface area contributed by atoms with Crippen molar-refractivity contribution in [2.75, 3.05) is 0 Å². The molecule has 0 atom stereocenters. The van der Waals surface area contributed by atoms with E-state index in [4.69, 9.17) is 10.7 Å². The van der Waals surface area contributed by atoms with Crippen LogP contribution in [-0.4, -0.2) is 13.4 Å². The summed E-state index contributed by atoms with van der Waals surface area (Å²) in [5, 5.41) is 0.676. The van der Waals surface area contributed by atoms with Gasteiger partial charge in [0.2, 0.25) is 9.05 Å². The van der Waals surface area contributed by atoms with Gasteiger partial charge in [-0.15, -0.1) is 0 Å². The van der Waals surface area contributed by atoms with E-state index >= 15 is 0 Å². The number of halogens is 2. The number of benzene rings is 1. The summed E-state index contributed by atoms with van der Waals surface area (Å²) in [6.45, 7) is 1.82. The van der Waals surface area contributed by atoms with Crippen molar-refractivity contribution in [2.45, 2.75) is 12.7 Å². The van der Waals surface area contributed by atoms with Gasteiger partial charge in [-0.2, -0.15) is 0 Å². The summed E-state index contributed by atoms with van der Waals surface area (Å²) in [4.78, 5) is 2.79. The average Bonchev–Trinajstić information content (AvgIpc) is 2.45. The minimum Gasteiger partial charge on any atom is -0.359 e. The molecule has 0 aliphatic rings. The third-order valence-corrected chi connectivity index (χ3v) is 3.35. The van der Waals surface area contributed by atoms with Crippen LogP contribution in [-0.2, 0) is 14.8 Å². The Morgan fingerprint density at radius 3 is 2.75 bits per heavy atom. The van der Waals surface area contributed by atoms with Crippen molar-refractivity contribution in [3.63, 3.8) is 0 Å². The monoisotopic (exact) mass is 261 g/mol. The van der Waals surface area contributed by atoms with Crippen LogP contribution in [0.4, 0.5) is 4.39 Å². The van der Waals surface area contributed by atoms with Gasteiger partial charge >= 0.3 is 0 Å². The van der Waals surface area contributed by atoms with Gasteiger partial charge in [0.15, 0.2) is 0 Å². The van der Waals surface area contributed by atoms with Gasteiger partial charge < -0.3 is 4.98 Å². The van der Waals surface area contributed by atoms with E-state index in [1.807, 2.05) is 6.92 Å².